The zero-order valence-electron chi connectivity index (χ0n) is 13.3. The standard InChI is InChI=1S/C19H24O2/c1-19(2,3)16-7-11-18(12-8-16)21-14-13-15-5-9-17(20-4)10-6-15/h5-12H,13-14H2,1-4H3. The SMILES string of the molecule is COc1ccc(CCOc2ccc(C(C)(C)C)cc2)cc1. The Morgan fingerprint density at radius 1 is 0.810 bits per heavy atom. The van der Waals surface area contributed by atoms with E-state index in [1.165, 1.54) is 11.1 Å². The van der Waals surface area contributed by atoms with Crippen LogP contribution in [0.25, 0.3) is 0 Å². The molecule has 2 heteroatoms. The van der Waals surface area contributed by atoms with Crippen LogP contribution in [0.3, 0.4) is 0 Å². The minimum atomic E-state index is 0.182. The predicted octanol–water partition coefficient (Wildman–Crippen LogP) is 4.61. The summed E-state index contributed by atoms with van der Waals surface area (Å²) in [5, 5.41) is 0. The molecule has 2 aromatic carbocycles. The molecule has 0 fully saturated rings. The van der Waals surface area contributed by atoms with Crippen molar-refractivity contribution in [1.82, 2.24) is 0 Å². The van der Waals surface area contributed by atoms with Crippen LogP contribution in [-0.4, -0.2) is 13.7 Å². The second kappa shape index (κ2) is 6.66. The minimum Gasteiger partial charge on any atom is -0.497 e. The molecule has 0 atom stereocenters. The zero-order valence-corrected chi connectivity index (χ0v) is 13.3. The summed E-state index contributed by atoms with van der Waals surface area (Å²) in [6.07, 6.45) is 0.894. The summed E-state index contributed by atoms with van der Waals surface area (Å²) >= 11 is 0. The van der Waals surface area contributed by atoms with Gasteiger partial charge < -0.3 is 9.47 Å². The van der Waals surface area contributed by atoms with Gasteiger partial charge in [0, 0.05) is 6.42 Å². The summed E-state index contributed by atoms with van der Waals surface area (Å²) < 4.78 is 11.0. The number of benzene rings is 2. The molecule has 0 aliphatic rings. The lowest BCUT2D eigenvalue weighted by Crippen LogP contribution is -2.10. The van der Waals surface area contributed by atoms with Gasteiger partial charge in [-0.05, 0) is 40.8 Å². The van der Waals surface area contributed by atoms with Crippen LogP contribution in [0.1, 0.15) is 31.9 Å². The first-order valence-electron chi connectivity index (χ1n) is 7.35. The second-order valence-corrected chi connectivity index (χ2v) is 6.22. The van der Waals surface area contributed by atoms with Gasteiger partial charge in [-0.15, -0.1) is 0 Å². The van der Waals surface area contributed by atoms with E-state index in [2.05, 4.69) is 57.2 Å². The lowest BCUT2D eigenvalue weighted by atomic mass is 9.87. The van der Waals surface area contributed by atoms with Gasteiger partial charge >= 0.3 is 0 Å². The van der Waals surface area contributed by atoms with Crippen LogP contribution >= 0.6 is 0 Å². The van der Waals surface area contributed by atoms with E-state index in [1.54, 1.807) is 7.11 Å². The van der Waals surface area contributed by atoms with Crippen molar-refractivity contribution in [2.75, 3.05) is 13.7 Å². The molecule has 0 saturated heterocycles. The Morgan fingerprint density at radius 3 is 1.90 bits per heavy atom. The largest absolute Gasteiger partial charge is 0.497 e. The maximum absolute atomic E-state index is 5.80. The molecule has 0 unspecified atom stereocenters. The highest BCUT2D eigenvalue weighted by Crippen LogP contribution is 2.24. The van der Waals surface area contributed by atoms with Crippen molar-refractivity contribution in [3.05, 3.63) is 59.7 Å². The third kappa shape index (κ3) is 4.52. The van der Waals surface area contributed by atoms with Crippen LogP contribution < -0.4 is 9.47 Å². The zero-order chi connectivity index (χ0) is 15.3. The van der Waals surface area contributed by atoms with E-state index >= 15 is 0 Å². The first kappa shape index (κ1) is 15.4. The van der Waals surface area contributed by atoms with Crippen molar-refractivity contribution in [3.8, 4) is 11.5 Å². The highest BCUT2D eigenvalue weighted by atomic mass is 16.5. The molecule has 0 aliphatic carbocycles. The Balaban J connectivity index is 1.85. The summed E-state index contributed by atoms with van der Waals surface area (Å²) in [7, 11) is 1.68. The first-order valence-corrected chi connectivity index (χ1v) is 7.35. The molecule has 0 bridgehead atoms. The molecule has 112 valence electrons. The van der Waals surface area contributed by atoms with Crippen LogP contribution in [0.2, 0.25) is 0 Å². The topological polar surface area (TPSA) is 18.5 Å². The number of rotatable bonds is 5. The molecule has 2 aromatic rings. The summed E-state index contributed by atoms with van der Waals surface area (Å²) in [5.74, 6) is 1.81. The molecule has 0 radical (unpaired) electrons. The van der Waals surface area contributed by atoms with Gasteiger partial charge in [-0.2, -0.15) is 0 Å². The van der Waals surface area contributed by atoms with E-state index in [0.717, 1.165) is 17.9 Å². The molecule has 0 aromatic heterocycles. The predicted molar refractivity (Wildman–Crippen MR) is 87.3 cm³/mol. The van der Waals surface area contributed by atoms with Gasteiger partial charge in [-0.1, -0.05) is 45.0 Å². The fourth-order valence-corrected chi connectivity index (χ4v) is 2.13. The van der Waals surface area contributed by atoms with Gasteiger partial charge in [-0.25, -0.2) is 0 Å². The van der Waals surface area contributed by atoms with E-state index in [9.17, 15) is 0 Å². The third-order valence-corrected chi connectivity index (χ3v) is 3.54. The van der Waals surface area contributed by atoms with E-state index in [0.29, 0.717) is 6.61 Å². The Hall–Kier alpha value is -1.96. The molecule has 0 spiro atoms. The number of hydrogen-bond donors (Lipinski definition) is 0. The van der Waals surface area contributed by atoms with Gasteiger partial charge in [0.15, 0.2) is 0 Å². The summed E-state index contributed by atoms with van der Waals surface area (Å²) in [5.41, 5.74) is 2.76. The van der Waals surface area contributed by atoms with Crippen LogP contribution in [0.5, 0.6) is 11.5 Å². The summed E-state index contributed by atoms with van der Waals surface area (Å²) in [4.78, 5) is 0. The molecular weight excluding hydrogens is 260 g/mol. The van der Waals surface area contributed by atoms with Crippen molar-refractivity contribution in [2.24, 2.45) is 0 Å². The van der Waals surface area contributed by atoms with Gasteiger partial charge in [-0.3, -0.25) is 0 Å². The monoisotopic (exact) mass is 284 g/mol. The van der Waals surface area contributed by atoms with Crippen LogP contribution in [-0.2, 0) is 11.8 Å². The Bertz CT molecular complexity index is 548. The van der Waals surface area contributed by atoms with Crippen LogP contribution in [0.4, 0.5) is 0 Å². The Kier molecular flexibility index (Phi) is 4.89. The Labute approximate surface area is 127 Å². The molecule has 21 heavy (non-hydrogen) atoms. The molecule has 0 amide bonds. The molecular formula is C19H24O2. The van der Waals surface area contributed by atoms with Crippen molar-refractivity contribution in [3.63, 3.8) is 0 Å². The smallest absolute Gasteiger partial charge is 0.119 e. The first-order chi connectivity index (χ1) is 9.99. The molecule has 0 saturated carbocycles. The van der Waals surface area contributed by atoms with Gasteiger partial charge in [0.25, 0.3) is 0 Å². The van der Waals surface area contributed by atoms with Crippen molar-refractivity contribution in [1.29, 1.82) is 0 Å². The van der Waals surface area contributed by atoms with E-state index in [4.69, 9.17) is 9.47 Å². The van der Waals surface area contributed by atoms with Crippen LogP contribution in [0, 0.1) is 0 Å². The summed E-state index contributed by atoms with van der Waals surface area (Å²) in [6.45, 7) is 7.33. The van der Waals surface area contributed by atoms with E-state index in [1.807, 2.05) is 12.1 Å². The number of methoxy groups -OCH3 is 1. The highest BCUT2D eigenvalue weighted by Gasteiger charge is 2.12. The van der Waals surface area contributed by atoms with Gasteiger partial charge in [0.1, 0.15) is 11.5 Å². The highest BCUT2D eigenvalue weighted by molar-refractivity contribution is 5.31. The fourth-order valence-electron chi connectivity index (χ4n) is 2.13. The number of hydrogen-bond acceptors (Lipinski definition) is 2. The summed E-state index contributed by atoms with van der Waals surface area (Å²) in [6, 6.07) is 16.5. The molecule has 2 nitrogen and oxygen atoms in total. The van der Waals surface area contributed by atoms with Gasteiger partial charge in [0.05, 0.1) is 13.7 Å². The molecule has 0 heterocycles. The quantitative estimate of drug-likeness (QED) is 0.798. The Morgan fingerprint density at radius 2 is 1.38 bits per heavy atom. The average molecular weight is 284 g/mol. The van der Waals surface area contributed by atoms with Gasteiger partial charge in [0.2, 0.25) is 0 Å². The third-order valence-electron chi connectivity index (χ3n) is 3.54. The molecule has 0 N–H and O–H groups in total. The second-order valence-electron chi connectivity index (χ2n) is 6.22. The van der Waals surface area contributed by atoms with Crippen molar-refractivity contribution < 1.29 is 9.47 Å². The lowest BCUT2D eigenvalue weighted by Gasteiger charge is -2.19. The lowest BCUT2D eigenvalue weighted by molar-refractivity contribution is 0.321. The maximum Gasteiger partial charge on any atom is 0.119 e. The normalized spacial score (nSPS) is 11.2. The van der Waals surface area contributed by atoms with Crippen LogP contribution in [0.15, 0.2) is 48.5 Å². The fraction of sp³-hybridized carbons (Fsp3) is 0.368. The average Bonchev–Trinajstić information content (AvgIpc) is 2.47. The molecule has 2 rings (SSSR count). The van der Waals surface area contributed by atoms with Crippen molar-refractivity contribution >= 4 is 0 Å². The van der Waals surface area contributed by atoms with E-state index in [-0.39, 0.29) is 5.41 Å². The number of ether oxygens (including phenoxy) is 2. The molecule has 0 aliphatic heterocycles. The minimum absolute atomic E-state index is 0.182. The van der Waals surface area contributed by atoms with Crippen molar-refractivity contribution in [2.45, 2.75) is 32.6 Å². The van der Waals surface area contributed by atoms with E-state index < -0.39 is 0 Å². The maximum atomic E-state index is 5.80.